The van der Waals surface area contributed by atoms with Crippen molar-refractivity contribution in [3.05, 3.63) is 30.1 Å². The third-order valence-electron chi connectivity index (χ3n) is 2.99. The van der Waals surface area contributed by atoms with Gasteiger partial charge in [-0.25, -0.2) is 4.98 Å². The van der Waals surface area contributed by atoms with Gasteiger partial charge >= 0.3 is 0 Å². The Hall–Kier alpha value is -1.06. The van der Waals surface area contributed by atoms with E-state index in [0.717, 1.165) is 18.7 Å². The van der Waals surface area contributed by atoms with Crippen molar-refractivity contribution < 1.29 is 0 Å². The van der Waals surface area contributed by atoms with E-state index in [4.69, 9.17) is 0 Å². The van der Waals surface area contributed by atoms with Gasteiger partial charge in [-0.2, -0.15) is 0 Å². The van der Waals surface area contributed by atoms with Crippen molar-refractivity contribution in [1.82, 2.24) is 15.3 Å². The highest BCUT2D eigenvalue weighted by Crippen LogP contribution is 2.27. The van der Waals surface area contributed by atoms with Crippen molar-refractivity contribution in [2.45, 2.75) is 12.3 Å². The molecule has 15 heavy (non-hydrogen) atoms. The van der Waals surface area contributed by atoms with E-state index < -0.39 is 0 Å². The Kier molecular flexibility index (Phi) is 2.93. The summed E-state index contributed by atoms with van der Waals surface area (Å²) < 4.78 is 0. The van der Waals surface area contributed by atoms with Crippen LogP contribution in [0.3, 0.4) is 0 Å². The molecule has 1 aliphatic heterocycles. The molecule has 0 bridgehead atoms. The lowest BCUT2D eigenvalue weighted by Crippen LogP contribution is -2.08. The van der Waals surface area contributed by atoms with Crippen LogP contribution in [0.5, 0.6) is 0 Å². The van der Waals surface area contributed by atoms with E-state index in [9.17, 15) is 0 Å². The zero-order valence-corrected chi connectivity index (χ0v) is 9.18. The predicted octanol–water partition coefficient (Wildman–Crippen LogP) is 2.06. The number of rotatable bonds is 1. The molecule has 2 aromatic rings. The number of nitrogens with one attached hydrogen (secondary N) is 2. The molecule has 1 saturated heterocycles. The van der Waals surface area contributed by atoms with E-state index >= 15 is 0 Å². The number of hydrogen-bond acceptors (Lipinski definition) is 2. The number of H-pyrrole nitrogens is 1. The van der Waals surface area contributed by atoms with Gasteiger partial charge in [0.1, 0.15) is 5.65 Å². The molecular weight excluding hydrogens is 210 g/mol. The molecule has 3 rings (SSSR count). The minimum atomic E-state index is 0. The van der Waals surface area contributed by atoms with Crippen LogP contribution in [0.25, 0.3) is 11.0 Å². The van der Waals surface area contributed by atoms with Crippen LogP contribution in [0.2, 0.25) is 0 Å². The van der Waals surface area contributed by atoms with E-state index in [1.54, 1.807) is 0 Å². The first-order valence-electron chi connectivity index (χ1n) is 5.08. The molecule has 0 saturated carbocycles. The molecule has 0 aliphatic carbocycles. The van der Waals surface area contributed by atoms with Gasteiger partial charge in [-0.1, -0.05) is 0 Å². The summed E-state index contributed by atoms with van der Waals surface area (Å²) in [6, 6.07) is 4.27. The van der Waals surface area contributed by atoms with Gasteiger partial charge in [0.25, 0.3) is 0 Å². The van der Waals surface area contributed by atoms with Gasteiger partial charge < -0.3 is 10.3 Å². The summed E-state index contributed by atoms with van der Waals surface area (Å²) in [7, 11) is 0. The maximum Gasteiger partial charge on any atom is 0.137 e. The summed E-state index contributed by atoms with van der Waals surface area (Å²) >= 11 is 0. The summed E-state index contributed by atoms with van der Waals surface area (Å²) in [5, 5.41) is 4.68. The molecule has 2 aromatic heterocycles. The number of hydrogen-bond donors (Lipinski definition) is 2. The first kappa shape index (κ1) is 10.5. The molecule has 0 radical (unpaired) electrons. The van der Waals surface area contributed by atoms with Gasteiger partial charge in [0.2, 0.25) is 0 Å². The third kappa shape index (κ3) is 1.73. The van der Waals surface area contributed by atoms with Crippen molar-refractivity contribution in [2.24, 2.45) is 0 Å². The maximum absolute atomic E-state index is 4.30. The number of aromatic amines is 1. The average molecular weight is 224 g/mol. The molecule has 1 aliphatic rings. The van der Waals surface area contributed by atoms with E-state index in [2.05, 4.69) is 27.4 Å². The van der Waals surface area contributed by atoms with Gasteiger partial charge in [0.15, 0.2) is 0 Å². The molecule has 0 spiro atoms. The second-order valence-corrected chi connectivity index (χ2v) is 3.83. The van der Waals surface area contributed by atoms with Crippen LogP contribution in [-0.4, -0.2) is 23.1 Å². The predicted molar refractivity (Wildman–Crippen MR) is 63.6 cm³/mol. The van der Waals surface area contributed by atoms with Crippen LogP contribution in [0, 0.1) is 0 Å². The minimum absolute atomic E-state index is 0. The second-order valence-electron chi connectivity index (χ2n) is 3.83. The van der Waals surface area contributed by atoms with Crippen molar-refractivity contribution in [3.8, 4) is 0 Å². The smallest absolute Gasteiger partial charge is 0.137 e. The van der Waals surface area contributed by atoms with Crippen molar-refractivity contribution >= 4 is 23.4 Å². The summed E-state index contributed by atoms with van der Waals surface area (Å²) in [6.07, 6.45) is 5.10. The molecule has 2 N–H and O–H groups in total. The number of pyridine rings is 1. The van der Waals surface area contributed by atoms with Crippen LogP contribution in [0.1, 0.15) is 17.9 Å². The fourth-order valence-electron chi connectivity index (χ4n) is 2.26. The van der Waals surface area contributed by atoms with Crippen molar-refractivity contribution in [2.75, 3.05) is 13.1 Å². The van der Waals surface area contributed by atoms with Gasteiger partial charge in [-0.3, -0.25) is 0 Å². The minimum Gasteiger partial charge on any atom is -0.346 e. The zero-order chi connectivity index (χ0) is 9.38. The Morgan fingerprint density at radius 1 is 1.33 bits per heavy atom. The Morgan fingerprint density at radius 3 is 3.07 bits per heavy atom. The Morgan fingerprint density at radius 2 is 2.27 bits per heavy atom. The molecule has 1 unspecified atom stereocenters. The normalized spacial score (nSPS) is 20.4. The van der Waals surface area contributed by atoms with Crippen LogP contribution in [-0.2, 0) is 0 Å². The fraction of sp³-hybridized carbons (Fsp3) is 0.364. The lowest BCUT2D eigenvalue weighted by molar-refractivity contribution is 0.769. The highest BCUT2D eigenvalue weighted by Gasteiger charge is 2.18. The number of halogens is 1. The summed E-state index contributed by atoms with van der Waals surface area (Å²) in [4.78, 5) is 7.45. The standard InChI is InChI=1S/C11H13N3.ClH/c1-4-12-7-8(1)9-2-5-13-11-10(9)3-6-14-11;/h2-3,5-6,8,12H,1,4,7H2,(H,13,14);1H. The fourth-order valence-corrected chi connectivity index (χ4v) is 2.26. The van der Waals surface area contributed by atoms with Gasteiger partial charge in [-0.15, -0.1) is 12.4 Å². The first-order chi connectivity index (χ1) is 6.95. The molecule has 4 heteroatoms. The SMILES string of the molecule is Cl.c1cc(C2CCNC2)c2cc[nH]c2n1. The summed E-state index contributed by atoms with van der Waals surface area (Å²) in [5.74, 6) is 0.663. The molecular formula is C11H14ClN3. The molecule has 80 valence electrons. The van der Waals surface area contributed by atoms with E-state index in [1.165, 1.54) is 17.4 Å². The molecule has 3 nitrogen and oxygen atoms in total. The average Bonchev–Trinajstić information content (AvgIpc) is 2.88. The van der Waals surface area contributed by atoms with E-state index in [1.807, 2.05) is 12.4 Å². The monoisotopic (exact) mass is 223 g/mol. The summed E-state index contributed by atoms with van der Waals surface area (Å²) in [6.45, 7) is 2.24. The largest absolute Gasteiger partial charge is 0.346 e. The molecule has 1 fully saturated rings. The topological polar surface area (TPSA) is 40.7 Å². The van der Waals surface area contributed by atoms with E-state index in [0.29, 0.717) is 5.92 Å². The first-order valence-corrected chi connectivity index (χ1v) is 5.08. The van der Waals surface area contributed by atoms with E-state index in [-0.39, 0.29) is 12.4 Å². The molecule has 0 aromatic carbocycles. The van der Waals surface area contributed by atoms with Crippen LogP contribution in [0.4, 0.5) is 0 Å². The molecule has 3 heterocycles. The highest BCUT2D eigenvalue weighted by molar-refractivity contribution is 5.85. The van der Waals surface area contributed by atoms with Crippen LogP contribution in [0.15, 0.2) is 24.5 Å². The second kappa shape index (κ2) is 4.21. The van der Waals surface area contributed by atoms with Gasteiger partial charge in [0.05, 0.1) is 0 Å². The summed E-state index contributed by atoms with van der Waals surface area (Å²) in [5.41, 5.74) is 2.44. The molecule has 0 amide bonds. The highest BCUT2D eigenvalue weighted by atomic mass is 35.5. The lowest BCUT2D eigenvalue weighted by atomic mass is 9.97. The lowest BCUT2D eigenvalue weighted by Gasteiger charge is -2.09. The number of nitrogens with zero attached hydrogens (tertiary/aromatic N) is 1. The van der Waals surface area contributed by atoms with Crippen molar-refractivity contribution in [3.63, 3.8) is 0 Å². The molecule has 1 atom stereocenters. The quantitative estimate of drug-likeness (QED) is 0.777. The van der Waals surface area contributed by atoms with Crippen LogP contribution >= 0.6 is 12.4 Å². The Bertz CT molecular complexity index is 446. The van der Waals surface area contributed by atoms with Crippen molar-refractivity contribution in [1.29, 1.82) is 0 Å². The van der Waals surface area contributed by atoms with Gasteiger partial charge in [-0.05, 0) is 36.6 Å². The number of aromatic nitrogens is 2. The van der Waals surface area contributed by atoms with Crippen LogP contribution < -0.4 is 5.32 Å². The van der Waals surface area contributed by atoms with Gasteiger partial charge in [0, 0.05) is 24.3 Å². The number of fused-ring (bicyclic) bond motifs is 1. The third-order valence-corrected chi connectivity index (χ3v) is 2.99. The Labute approximate surface area is 94.7 Å². The Balaban J connectivity index is 0.000000853. The zero-order valence-electron chi connectivity index (χ0n) is 8.36. The maximum atomic E-state index is 4.30.